The Labute approximate surface area is 228 Å². The Bertz CT molecular complexity index is 1070. The van der Waals surface area contributed by atoms with Gasteiger partial charge in [0.25, 0.3) is 0 Å². The highest BCUT2D eigenvalue weighted by Crippen LogP contribution is 2.21. The van der Waals surface area contributed by atoms with E-state index < -0.39 is 12.1 Å². The van der Waals surface area contributed by atoms with Crippen molar-refractivity contribution in [1.29, 1.82) is 0 Å². The van der Waals surface area contributed by atoms with E-state index in [1.54, 1.807) is 0 Å². The van der Waals surface area contributed by atoms with Gasteiger partial charge in [0.1, 0.15) is 5.75 Å². The number of halogens is 3. The minimum atomic E-state index is -5.08. The molecule has 39 heavy (non-hydrogen) atoms. The van der Waals surface area contributed by atoms with Crippen LogP contribution in [0.25, 0.3) is 0 Å². The Hall–Kier alpha value is -3.27. The number of hydrogen-bond donors (Lipinski definition) is 2. The van der Waals surface area contributed by atoms with Gasteiger partial charge in [-0.25, -0.2) is 9.59 Å². The Kier molecular flexibility index (Phi) is 12.1. The highest BCUT2D eigenvalue weighted by molar-refractivity contribution is 5.74. The van der Waals surface area contributed by atoms with Crippen LogP contribution in [0.3, 0.4) is 0 Å². The molecule has 2 N–H and O–H groups in total. The van der Waals surface area contributed by atoms with E-state index in [0.717, 1.165) is 37.2 Å². The van der Waals surface area contributed by atoms with Crippen molar-refractivity contribution in [1.82, 2.24) is 15.1 Å². The van der Waals surface area contributed by atoms with Gasteiger partial charge in [0.05, 0.1) is 6.61 Å². The molecule has 0 spiro atoms. The van der Waals surface area contributed by atoms with Crippen molar-refractivity contribution in [3.8, 4) is 5.75 Å². The molecular weight excluding hydrogens is 511 g/mol. The zero-order valence-electron chi connectivity index (χ0n) is 23.3. The lowest BCUT2D eigenvalue weighted by Crippen LogP contribution is -2.49. The van der Waals surface area contributed by atoms with Crippen LogP contribution in [-0.2, 0) is 17.9 Å². The summed E-state index contributed by atoms with van der Waals surface area (Å²) in [5, 5.41) is 10.3. The van der Waals surface area contributed by atoms with Crippen molar-refractivity contribution in [2.24, 2.45) is 5.92 Å². The monoisotopic (exact) mass is 551 g/mol. The number of piperidine rings is 1. The lowest BCUT2D eigenvalue weighted by molar-refractivity contribution is -0.192. The molecule has 216 valence electrons. The Morgan fingerprint density at radius 2 is 1.69 bits per heavy atom. The van der Waals surface area contributed by atoms with Crippen LogP contribution in [0.2, 0.25) is 0 Å². The number of urea groups is 1. The molecule has 2 amide bonds. The number of alkyl halides is 3. The third-order valence-electron chi connectivity index (χ3n) is 6.42. The molecule has 1 heterocycles. The van der Waals surface area contributed by atoms with Gasteiger partial charge in [-0.3, -0.25) is 0 Å². The molecule has 2 aromatic carbocycles. The summed E-state index contributed by atoms with van der Waals surface area (Å²) in [5.41, 5.74) is 4.79. The average Bonchev–Trinajstić information content (AvgIpc) is 2.86. The van der Waals surface area contributed by atoms with E-state index in [2.05, 4.69) is 63.2 Å². The highest BCUT2D eigenvalue weighted by atomic mass is 19.4. The third kappa shape index (κ3) is 11.2. The molecule has 1 aliphatic heterocycles. The number of rotatable bonds is 8. The number of carboxylic acids is 1. The first-order valence-electron chi connectivity index (χ1n) is 13.1. The van der Waals surface area contributed by atoms with Gasteiger partial charge in [-0.15, -0.1) is 0 Å². The summed E-state index contributed by atoms with van der Waals surface area (Å²) in [6, 6.07) is 14.8. The molecular formula is C29H40F3N3O4. The van der Waals surface area contributed by atoms with Crippen molar-refractivity contribution >= 4 is 12.0 Å². The smallest absolute Gasteiger partial charge is 0.490 e. The fourth-order valence-corrected chi connectivity index (χ4v) is 4.13. The van der Waals surface area contributed by atoms with Gasteiger partial charge in [0.2, 0.25) is 0 Å². The first-order valence-corrected chi connectivity index (χ1v) is 13.1. The van der Waals surface area contributed by atoms with Crippen LogP contribution >= 0.6 is 0 Å². The summed E-state index contributed by atoms with van der Waals surface area (Å²) < 4.78 is 37.5. The molecule has 0 aromatic heterocycles. The van der Waals surface area contributed by atoms with Gasteiger partial charge in [0, 0.05) is 19.1 Å². The van der Waals surface area contributed by atoms with Gasteiger partial charge in [-0.1, -0.05) is 49.7 Å². The lowest BCUT2D eigenvalue weighted by Gasteiger charge is -2.37. The number of aryl methyl sites for hydroxylation is 2. The van der Waals surface area contributed by atoms with E-state index in [-0.39, 0.29) is 12.1 Å². The van der Waals surface area contributed by atoms with Crippen LogP contribution < -0.4 is 10.1 Å². The number of carboxylic acid groups (broad SMARTS) is 1. The number of nitrogens with one attached hydrogen (secondary N) is 1. The normalized spacial score (nSPS) is 14.4. The molecule has 0 bridgehead atoms. The minimum Gasteiger partial charge on any atom is -0.493 e. The molecule has 0 unspecified atom stereocenters. The van der Waals surface area contributed by atoms with Crippen LogP contribution in [0.4, 0.5) is 18.0 Å². The number of nitrogens with zero attached hydrogens (tertiary/aromatic N) is 2. The molecule has 0 aliphatic carbocycles. The fraction of sp³-hybridized carbons (Fsp3) is 0.517. The van der Waals surface area contributed by atoms with Crippen LogP contribution in [0.15, 0.2) is 42.5 Å². The molecule has 7 nitrogen and oxygen atoms in total. The number of amides is 2. The topological polar surface area (TPSA) is 82.1 Å². The Balaban J connectivity index is 0.000000673. The SMILES string of the molecule is Cc1ccc(CN(C(=O)NCc2ccc(OCC(C)C)cc2)C2CCN(C)CC2)c(C)c1.O=C(O)C(F)(F)F. The molecule has 0 atom stereocenters. The standard InChI is InChI=1S/C27H39N3O2.C2HF3O2/c1-20(2)19-32-26-10-7-23(8-11-26)17-28-27(31)30(25-12-14-29(5)15-13-25)18-24-9-6-21(3)16-22(24)4;3-2(4,5)1(6)7/h6-11,16,20,25H,12-15,17-19H2,1-5H3,(H,28,31);(H,6,7). The number of hydrogen-bond acceptors (Lipinski definition) is 4. The minimum absolute atomic E-state index is 0.0136. The molecule has 1 saturated heterocycles. The summed E-state index contributed by atoms with van der Waals surface area (Å²) in [5.74, 6) is -1.39. The van der Waals surface area contributed by atoms with Crippen molar-refractivity contribution in [2.45, 2.75) is 65.8 Å². The largest absolute Gasteiger partial charge is 0.493 e. The first kappa shape index (κ1) is 31.9. The van der Waals surface area contributed by atoms with Crippen molar-refractivity contribution in [2.75, 3.05) is 26.7 Å². The predicted octanol–water partition coefficient (Wildman–Crippen LogP) is 5.78. The number of benzene rings is 2. The fourth-order valence-electron chi connectivity index (χ4n) is 4.13. The summed E-state index contributed by atoms with van der Waals surface area (Å²) in [4.78, 5) is 26.6. The van der Waals surface area contributed by atoms with E-state index in [1.807, 2.05) is 29.2 Å². The summed E-state index contributed by atoms with van der Waals surface area (Å²) in [6.45, 7) is 12.4. The summed E-state index contributed by atoms with van der Waals surface area (Å²) in [6.07, 6.45) is -3.06. The van der Waals surface area contributed by atoms with E-state index in [0.29, 0.717) is 25.6 Å². The van der Waals surface area contributed by atoms with Crippen molar-refractivity contribution < 1.29 is 32.6 Å². The van der Waals surface area contributed by atoms with E-state index in [4.69, 9.17) is 14.6 Å². The van der Waals surface area contributed by atoms with Crippen LogP contribution in [0.1, 0.15) is 48.9 Å². The third-order valence-corrected chi connectivity index (χ3v) is 6.42. The zero-order valence-corrected chi connectivity index (χ0v) is 23.3. The molecule has 2 aromatic rings. The average molecular weight is 552 g/mol. The number of likely N-dealkylation sites (tertiary alicyclic amines) is 1. The van der Waals surface area contributed by atoms with Gasteiger partial charge in [0.15, 0.2) is 0 Å². The van der Waals surface area contributed by atoms with Gasteiger partial charge >= 0.3 is 18.2 Å². The molecule has 1 aliphatic rings. The Morgan fingerprint density at radius 3 is 2.21 bits per heavy atom. The van der Waals surface area contributed by atoms with E-state index in [1.165, 1.54) is 16.7 Å². The number of aliphatic carboxylic acids is 1. The van der Waals surface area contributed by atoms with Crippen molar-refractivity contribution in [3.63, 3.8) is 0 Å². The molecule has 0 radical (unpaired) electrons. The highest BCUT2D eigenvalue weighted by Gasteiger charge is 2.38. The predicted molar refractivity (Wildman–Crippen MR) is 145 cm³/mol. The van der Waals surface area contributed by atoms with Crippen LogP contribution in [0.5, 0.6) is 5.75 Å². The first-order chi connectivity index (χ1) is 18.3. The quantitative estimate of drug-likeness (QED) is 0.435. The van der Waals surface area contributed by atoms with Gasteiger partial charge < -0.3 is 25.0 Å². The number of carbonyl (C=O) groups excluding carboxylic acids is 1. The maximum atomic E-state index is 13.3. The second-order valence-electron chi connectivity index (χ2n) is 10.4. The molecule has 3 rings (SSSR count). The molecule has 0 saturated carbocycles. The van der Waals surface area contributed by atoms with Crippen molar-refractivity contribution in [3.05, 3.63) is 64.7 Å². The van der Waals surface area contributed by atoms with Crippen LogP contribution in [-0.4, -0.2) is 65.9 Å². The summed E-state index contributed by atoms with van der Waals surface area (Å²) in [7, 11) is 2.15. The van der Waals surface area contributed by atoms with Gasteiger partial charge in [-0.2, -0.15) is 13.2 Å². The summed E-state index contributed by atoms with van der Waals surface area (Å²) >= 11 is 0. The second-order valence-corrected chi connectivity index (χ2v) is 10.4. The molecule has 10 heteroatoms. The Morgan fingerprint density at radius 1 is 1.10 bits per heavy atom. The number of ether oxygens (including phenoxy) is 1. The lowest BCUT2D eigenvalue weighted by atomic mass is 10.0. The van der Waals surface area contributed by atoms with Gasteiger partial charge in [-0.05, 0) is 81.6 Å². The van der Waals surface area contributed by atoms with E-state index in [9.17, 15) is 18.0 Å². The maximum Gasteiger partial charge on any atom is 0.490 e. The van der Waals surface area contributed by atoms with E-state index >= 15 is 0 Å². The van der Waals surface area contributed by atoms with Crippen LogP contribution in [0, 0.1) is 19.8 Å². The molecule has 1 fully saturated rings. The maximum absolute atomic E-state index is 13.3. The second kappa shape index (κ2) is 14.8. The number of carbonyl (C=O) groups is 2. The zero-order chi connectivity index (χ0) is 29.2.